The number of aliphatic carboxylic acids is 1. The van der Waals surface area contributed by atoms with Crippen LogP contribution >= 0.6 is 11.8 Å². The van der Waals surface area contributed by atoms with Crippen molar-refractivity contribution in [3.63, 3.8) is 0 Å². The molecule has 0 radical (unpaired) electrons. The fourth-order valence-electron chi connectivity index (χ4n) is 2.90. The summed E-state index contributed by atoms with van der Waals surface area (Å²) < 4.78 is 1.59. The van der Waals surface area contributed by atoms with E-state index in [4.69, 9.17) is 5.11 Å². The number of hydrogen-bond donors (Lipinski definition) is 2. The fourth-order valence-corrected chi connectivity index (χ4v) is 3.70. The third-order valence-electron chi connectivity index (χ3n) is 4.19. The van der Waals surface area contributed by atoms with Crippen molar-refractivity contribution in [2.75, 3.05) is 11.1 Å². The highest BCUT2D eigenvalue weighted by molar-refractivity contribution is 8.00. The zero-order chi connectivity index (χ0) is 19.0. The fraction of sp³-hybridized carbons (Fsp3) is 0.158. The quantitative estimate of drug-likeness (QED) is 0.718. The van der Waals surface area contributed by atoms with E-state index in [1.165, 1.54) is 11.8 Å². The zero-order valence-corrected chi connectivity index (χ0v) is 15.2. The molecule has 0 saturated heterocycles. The molecule has 1 aliphatic rings. The summed E-state index contributed by atoms with van der Waals surface area (Å²) >= 11 is 1.17. The van der Waals surface area contributed by atoms with Crippen LogP contribution in [-0.4, -0.2) is 31.6 Å². The van der Waals surface area contributed by atoms with Gasteiger partial charge in [-0.05, 0) is 19.1 Å². The molecule has 7 nitrogen and oxygen atoms in total. The lowest BCUT2D eigenvalue weighted by Gasteiger charge is -2.29. The standard InChI is InChI=1S/C19H16N4O3S/c1-11-6-8-12(9-7-11)16-18(26)21-17-13-4-2-3-5-14(13)20-19(23(17)22-16)27-10-15(24)25/h2-9,19-20H,10H2,1H3,(H,24,25)/t19-/m1/s1. The smallest absolute Gasteiger partial charge is 0.313 e. The third kappa shape index (κ3) is 3.31. The first-order valence-electron chi connectivity index (χ1n) is 8.30. The number of carboxylic acids is 1. The number of rotatable bonds is 4. The minimum Gasteiger partial charge on any atom is -0.481 e. The first kappa shape index (κ1) is 17.3. The summed E-state index contributed by atoms with van der Waals surface area (Å²) in [5.74, 6) is -0.601. The lowest BCUT2D eigenvalue weighted by atomic mass is 10.1. The van der Waals surface area contributed by atoms with Gasteiger partial charge in [0.2, 0.25) is 0 Å². The van der Waals surface area contributed by atoms with Crippen LogP contribution in [0.5, 0.6) is 0 Å². The number of aryl methyl sites for hydroxylation is 1. The second-order valence-electron chi connectivity index (χ2n) is 6.15. The third-order valence-corrected chi connectivity index (χ3v) is 5.24. The molecule has 0 saturated carbocycles. The van der Waals surface area contributed by atoms with E-state index < -0.39 is 17.0 Å². The molecule has 2 N–H and O–H groups in total. The minimum atomic E-state index is -0.921. The maximum Gasteiger partial charge on any atom is 0.313 e. The van der Waals surface area contributed by atoms with Crippen molar-refractivity contribution in [2.45, 2.75) is 12.4 Å². The molecule has 0 fully saturated rings. The highest BCUT2D eigenvalue weighted by atomic mass is 32.2. The highest BCUT2D eigenvalue weighted by Gasteiger charge is 2.27. The highest BCUT2D eigenvalue weighted by Crippen LogP contribution is 2.38. The Kier molecular flexibility index (Phi) is 4.41. The number of carboxylic acid groups (broad SMARTS) is 1. The van der Waals surface area contributed by atoms with Gasteiger partial charge in [0, 0.05) is 16.8 Å². The summed E-state index contributed by atoms with van der Waals surface area (Å²) in [5, 5.41) is 16.9. The van der Waals surface area contributed by atoms with E-state index in [0.717, 1.165) is 16.8 Å². The van der Waals surface area contributed by atoms with Crippen molar-refractivity contribution in [3.05, 3.63) is 64.4 Å². The predicted molar refractivity (Wildman–Crippen MR) is 105 cm³/mol. The molecule has 2 heterocycles. The van der Waals surface area contributed by atoms with Crippen LogP contribution in [0.1, 0.15) is 11.1 Å². The first-order chi connectivity index (χ1) is 13.0. The molecule has 8 heteroatoms. The topological polar surface area (TPSA) is 97.1 Å². The van der Waals surface area contributed by atoms with Gasteiger partial charge >= 0.3 is 5.97 Å². The van der Waals surface area contributed by atoms with E-state index >= 15 is 0 Å². The number of thioether (sulfide) groups is 1. The van der Waals surface area contributed by atoms with Crippen LogP contribution in [0.15, 0.2) is 53.3 Å². The maximum atomic E-state index is 12.7. The van der Waals surface area contributed by atoms with Gasteiger partial charge in [0.05, 0.1) is 5.75 Å². The number of carbonyl (C=O) groups is 1. The van der Waals surface area contributed by atoms with Gasteiger partial charge in [-0.2, -0.15) is 10.1 Å². The molecule has 0 spiro atoms. The SMILES string of the molecule is Cc1ccc(-c2nn3c(nc2=O)-c2ccccc2N[C@H]3SCC(=O)O)cc1. The Morgan fingerprint density at radius 1 is 1.22 bits per heavy atom. The molecule has 3 aromatic rings. The molecule has 1 aliphatic heterocycles. The lowest BCUT2D eigenvalue weighted by molar-refractivity contribution is -0.133. The molecule has 0 aliphatic carbocycles. The van der Waals surface area contributed by atoms with Crippen molar-refractivity contribution in [2.24, 2.45) is 0 Å². The van der Waals surface area contributed by atoms with Crippen molar-refractivity contribution in [1.82, 2.24) is 14.8 Å². The van der Waals surface area contributed by atoms with Crippen LogP contribution in [0, 0.1) is 6.92 Å². The molecular weight excluding hydrogens is 364 g/mol. The number of para-hydroxylation sites is 1. The Hall–Kier alpha value is -3.13. The van der Waals surface area contributed by atoms with Crippen LogP contribution in [0.4, 0.5) is 5.69 Å². The molecule has 1 aromatic heterocycles. The number of aromatic nitrogens is 3. The number of nitrogens with zero attached hydrogens (tertiary/aromatic N) is 3. The van der Waals surface area contributed by atoms with Gasteiger partial charge < -0.3 is 10.4 Å². The van der Waals surface area contributed by atoms with E-state index in [1.54, 1.807) is 4.68 Å². The van der Waals surface area contributed by atoms with Gasteiger partial charge in [-0.1, -0.05) is 42.0 Å². The maximum absolute atomic E-state index is 12.7. The number of fused-ring (bicyclic) bond motifs is 3. The Morgan fingerprint density at radius 2 is 1.96 bits per heavy atom. The molecule has 4 rings (SSSR count). The number of nitrogens with one attached hydrogen (secondary N) is 1. The summed E-state index contributed by atoms with van der Waals surface area (Å²) in [5.41, 5.74) is 2.64. The van der Waals surface area contributed by atoms with E-state index in [-0.39, 0.29) is 11.4 Å². The second kappa shape index (κ2) is 6.88. The second-order valence-corrected chi connectivity index (χ2v) is 7.22. The van der Waals surface area contributed by atoms with Crippen LogP contribution in [0.3, 0.4) is 0 Å². The summed E-state index contributed by atoms with van der Waals surface area (Å²) in [7, 11) is 0. The van der Waals surface area contributed by atoms with Gasteiger partial charge in [-0.25, -0.2) is 4.68 Å². The molecule has 0 bridgehead atoms. The van der Waals surface area contributed by atoms with Gasteiger partial charge in [0.25, 0.3) is 5.56 Å². The summed E-state index contributed by atoms with van der Waals surface area (Å²) in [6.45, 7) is 1.97. The molecule has 136 valence electrons. The average Bonchev–Trinajstić information content (AvgIpc) is 2.66. The number of benzene rings is 2. The van der Waals surface area contributed by atoms with Crippen LogP contribution in [-0.2, 0) is 4.79 Å². The predicted octanol–water partition coefficient (Wildman–Crippen LogP) is 2.98. The molecule has 0 amide bonds. The zero-order valence-electron chi connectivity index (χ0n) is 14.4. The largest absolute Gasteiger partial charge is 0.481 e. The van der Waals surface area contributed by atoms with Gasteiger partial charge in [0.1, 0.15) is 0 Å². The van der Waals surface area contributed by atoms with Gasteiger partial charge in [-0.3, -0.25) is 9.59 Å². The van der Waals surface area contributed by atoms with Crippen molar-refractivity contribution >= 4 is 23.4 Å². The van der Waals surface area contributed by atoms with Crippen molar-refractivity contribution in [1.29, 1.82) is 0 Å². The van der Waals surface area contributed by atoms with Crippen molar-refractivity contribution in [3.8, 4) is 22.6 Å². The van der Waals surface area contributed by atoms with Crippen molar-refractivity contribution < 1.29 is 9.90 Å². The molecule has 27 heavy (non-hydrogen) atoms. The number of hydrogen-bond acceptors (Lipinski definition) is 6. The van der Waals surface area contributed by atoms with Crippen LogP contribution < -0.4 is 10.9 Å². The monoisotopic (exact) mass is 380 g/mol. The normalized spacial score (nSPS) is 14.8. The summed E-state index contributed by atoms with van der Waals surface area (Å²) in [6.07, 6.45) is 0. The molecule has 0 unspecified atom stereocenters. The molecule has 2 aromatic carbocycles. The van der Waals surface area contributed by atoms with E-state index in [1.807, 2.05) is 55.5 Å². The molecular formula is C19H16N4O3S. The lowest BCUT2D eigenvalue weighted by Crippen LogP contribution is -2.30. The van der Waals surface area contributed by atoms with Crippen LogP contribution in [0.2, 0.25) is 0 Å². The Bertz CT molecular complexity index is 1080. The summed E-state index contributed by atoms with van der Waals surface area (Å²) in [4.78, 5) is 28.0. The van der Waals surface area contributed by atoms with Gasteiger partial charge in [-0.15, -0.1) is 11.8 Å². The van der Waals surface area contributed by atoms with Gasteiger partial charge in [0.15, 0.2) is 17.0 Å². The number of anilines is 1. The van der Waals surface area contributed by atoms with E-state index in [9.17, 15) is 9.59 Å². The Balaban J connectivity index is 1.87. The first-order valence-corrected chi connectivity index (χ1v) is 9.35. The molecule has 1 atom stereocenters. The summed E-state index contributed by atoms with van der Waals surface area (Å²) in [6, 6.07) is 14.9. The Morgan fingerprint density at radius 3 is 2.70 bits per heavy atom. The average molecular weight is 380 g/mol. The minimum absolute atomic E-state index is 0.104. The van der Waals surface area contributed by atoms with E-state index in [2.05, 4.69) is 15.4 Å². The Labute approximate surface area is 159 Å². The van der Waals surface area contributed by atoms with E-state index in [0.29, 0.717) is 11.4 Å². The van der Waals surface area contributed by atoms with Crippen LogP contribution in [0.25, 0.3) is 22.6 Å².